The molecule has 4 heteroatoms. The van der Waals surface area contributed by atoms with Crippen LogP contribution in [0.5, 0.6) is 0 Å². The van der Waals surface area contributed by atoms with E-state index in [-0.39, 0.29) is 5.91 Å². The smallest absolute Gasteiger partial charge is 0.270 e. The van der Waals surface area contributed by atoms with Crippen LogP contribution >= 0.6 is 0 Å². The van der Waals surface area contributed by atoms with Gasteiger partial charge in [0.15, 0.2) is 0 Å². The Morgan fingerprint density at radius 2 is 2.00 bits per heavy atom. The molecule has 116 valence electrons. The number of nitrogens with zero attached hydrogens (tertiary/aromatic N) is 1. The Labute approximate surface area is 127 Å². The molecule has 1 amide bonds. The lowest BCUT2D eigenvalue weighted by atomic mass is 9.84. The fourth-order valence-electron chi connectivity index (χ4n) is 2.89. The molecule has 0 aromatic carbocycles. The molecule has 0 spiro atoms. The number of carbonyl (C=O) groups is 1. The number of aromatic nitrogens is 1. The maximum Gasteiger partial charge on any atom is 0.270 e. The molecule has 1 aromatic rings. The lowest BCUT2D eigenvalue weighted by Crippen LogP contribution is -2.38. The first-order chi connectivity index (χ1) is 10.2. The van der Waals surface area contributed by atoms with E-state index in [9.17, 15) is 4.79 Å². The van der Waals surface area contributed by atoms with E-state index in [2.05, 4.69) is 29.5 Å². The minimum Gasteiger partial charge on any atom is -0.370 e. The zero-order chi connectivity index (χ0) is 15.1. The largest absolute Gasteiger partial charge is 0.370 e. The van der Waals surface area contributed by atoms with Gasteiger partial charge in [-0.05, 0) is 50.2 Å². The van der Waals surface area contributed by atoms with Crippen LogP contribution in [-0.4, -0.2) is 23.5 Å². The quantitative estimate of drug-likeness (QED) is 0.841. The Hall–Kier alpha value is -1.58. The van der Waals surface area contributed by atoms with Gasteiger partial charge in [0.1, 0.15) is 11.5 Å². The Bertz CT molecular complexity index is 453. The standard InChI is InChI=1S/C17H27N3O/c1-3-12-18-16-7-5-6-15(20-16)17(21)19-14-10-8-13(4-2)9-11-14/h5-7,13-14H,3-4,8-12H2,1-2H3,(H,18,20)(H,19,21). The average molecular weight is 289 g/mol. The van der Waals surface area contributed by atoms with Crippen molar-refractivity contribution in [2.75, 3.05) is 11.9 Å². The van der Waals surface area contributed by atoms with Gasteiger partial charge in [0.25, 0.3) is 5.91 Å². The first-order valence-corrected chi connectivity index (χ1v) is 8.24. The van der Waals surface area contributed by atoms with Crippen molar-refractivity contribution in [3.8, 4) is 0 Å². The summed E-state index contributed by atoms with van der Waals surface area (Å²) in [4.78, 5) is 16.7. The minimum atomic E-state index is -0.0462. The molecule has 0 atom stereocenters. The van der Waals surface area contributed by atoms with E-state index in [4.69, 9.17) is 0 Å². The van der Waals surface area contributed by atoms with Gasteiger partial charge >= 0.3 is 0 Å². The van der Waals surface area contributed by atoms with Gasteiger partial charge in [-0.15, -0.1) is 0 Å². The third-order valence-corrected chi connectivity index (χ3v) is 4.30. The average Bonchev–Trinajstić information content (AvgIpc) is 2.54. The zero-order valence-corrected chi connectivity index (χ0v) is 13.2. The SMILES string of the molecule is CCCNc1cccc(C(=O)NC2CCC(CC)CC2)n1. The molecule has 0 saturated heterocycles. The number of rotatable bonds is 6. The van der Waals surface area contributed by atoms with Crippen molar-refractivity contribution in [1.29, 1.82) is 0 Å². The maximum atomic E-state index is 12.3. The van der Waals surface area contributed by atoms with Crippen molar-refractivity contribution in [1.82, 2.24) is 10.3 Å². The van der Waals surface area contributed by atoms with Crippen molar-refractivity contribution < 1.29 is 4.79 Å². The van der Waals surface area contributed by atoms with Crippen LogP contribution < -0.4 is 10.6 Å². The molecular formula is C17H27N3O. The van der Waals surface area contributed by atoms with Crippen LogP contribution in [0.2, 0.25) is 0 Å². The minimum absolute atomic E-state index is 0.0462. The first-order valence-electron chi connectivity index (χ1n) is 8.24. The third kappa shape index (κ3) is 4.73. The third-order valence-electron chi connectivity index (χ3n) is 4.30. The molecule has 1 aliphatic carbocycles. The fourth-order valence-corrected chi connectivity index (χ4v) is 2.89. The van der Waals surface area contributed by atoms with E-state index in [1.807, 2.05) is 12.1 Å². The fraction of sp³-hybridized carbons (Fsp3) is 0.647. The highest BCUT2D eigenvalue weighted by Gasteiger charge is 2.22. The second-order valence-electron chi connectivity index (χ2n) is 5.93. The van der Waals surface area contributed by atoms with Gasteiger partial charge in [-0.2, -0.15) is 0 Å². The Kier molecular flexibility index (Phi) is 6.03. The summed E-state index contributed by atoms with van der Waals surface area (Å²) < 4.78 is 0. The van der Waals surface area contributed by atoms with E-state index in [1.54, 1.807) is 6.07 Å². The normalized spacial score (nSPS) is 21.8. The molecular weight excluding hydrogens is 262 g/mol. The van der Waals surface area contributed by atoms with E-state index < -0.39 is 0 Å². The van der Waals surface area contributed by atoms with Crippen LogP contribution in [0.3, 0.4) is 0 Å². The lowest BCUT2D eigenvalue weighted by molar-refractivity contribution is 0.0916. The van der Waals surface area contributed by atoms with Gasteiger partial charge in [-0.25, -0.2) is 4.98 Å². The molecule has 4 nitrogen and oxygen atoms in total. The maximum absolute atomic E-state index is 12.3. The zero-order valence-electron chi connectivity index (χ0n) is 13.2. The van der Waals surface area contributed by atoms with Crippen molar-refractivity contribution in [3.05, 3.63) is 23.9 Å². The van der Waals surface area contributed by atoms with Gasteiger partial charge < -0.3 is 10.6 Å². The van der Waals surface area contributed by atoms with E-state index in [0.29, 0.717) is 11.7 Å². The Morgan fingerprint density at radius 1 is 1.24 bits per heavy atom. The van der Waals surface area contributed by atoms with Gasteiger partial charge in [0, 0.05) is 12.6 Å². The predicted molar refractivity (Wildman–Crippen MR) is 86.5 cm³/mol. The molecule has 2 rings (SSSR count). The molecule has 1 aliphatic rings. The lowest BCUT2D eigenvalue weighted by Gasteiger charge is -2.28. The van der Waals surface area contributed by atoms with Crippen LogP contribution in [0.15, 0.2) is 18.2 Å². The number of pyridine rings is 1. The highest BCUT2D eigenvalue weighted by molar-refractivity contribution is 5.92. The number of amides is 1. The monoisotopic (exact) mass is 289 g/mol. The number of nitrogens with one attached hydrogen (secondary N) is 2. The second kappa shape index (κ2) is 8.01. The van der Waals surface area contributed by atoms with Crippen LogP contribution in [0.4, 0.5) is 5.82 Å². The summed E-state index contributed by atoms with van der Waals surface area (Å²) >= 11 is 0. The molecule has 0 unspecified atom stereocenters. The molecule has 1 fully saturated rings. The van der Waals surface area contributed by atoms with E-state index in [1.165, 1.54) is 19.3 Å². The summed E-state index contributed by atoms with van der Waals surface area (Å²) in [7, 11) is 0. The summed E-state index contributed by atoms with van der Waals surface area (Å²) in [6.45, 7) is 5.23. The molecule has 0 bridgehead atoms. The molecule has 1 saturated carbocycles. The second-order valence-corrected chi connectivity index (χ2v) is 5.93. The number of hydrogen-bond donors (Lipinski definition) is 2. The van der Waals surface area contributed by atoms with Crippen LogP contribution in [0.1, 0.15) is 62.9 Å². The summed E-state index contributed by atoms with van der Waals surface area (Å²) in [5, 5.41) is 6.35. The van der Waals surface area contributed by atoms with Crippen molar-refractivity contribution >= 4 is 11.7 Å². The molecule has 1 aromatic heterocycles. The van der Waals surface area contributed by atoms with Crippen LogP contribution in [0.25, 0.3) is 0 Å². The van der Waals surface area contributed by atoms with Crippen molar-refractivity contribution in [3.63, 3.8) is 0 Å². The Balaban J connectivity index is 1.88. The molecule has 2 N–H and O–H groups in total. The highest BCUT2D eigenvalue weighted by Crippen LogP contribution is 2.26. The van der Waals surface area contributed by atoms with Gasteiger partial charge in [-0.1, -0.05) is 26.3 Å². The van der Waals surface area contributed by atoms with Gasteiger partial charge in [0.2, 0.25) is 0 Å². The van der Waals surface area contributed by atoms with Crippen LogP contribution in [-0.2, 0) is 0 Å². The summed E-state index contributed by atoms with van der Waals surface area (Å²) in [5.74, 6) is 1.58. The van der Waals surface area contributed by atoms with Crippen molar-refractivity contribution in [2.45, 2.75) is 58.4 Å². The van der Waals surface area contributed by atoms with Crippen molar-refractivity contribution in [2.24, 2.45) is 5.92 Å². The predicted octanol–water partition coefficient (Wildman–Crippen LogP) is 3.60. The van der Waals surface area contributed by atoms with Crippen LogP contribution in [0, 0.1) is 5.92 Å². The summed E-state index contributed by atoms with van der Waals surface area (Å²) in [5.41, 5.74) is 0.508. The number of hydrogen-bond acceptors (Lipinski definition) is 3. The molecule has 0 aliphatic heterocycles. The molecule has 1 heterocycles. The number of carbonyl (C=O) groups excluding carboxylic acids is 1. The van der Waals surface area contributed by atoms with Gasteiger partial charge in [-0.3, -0.25) is 4.79 Å². The topological polar surface area (TPSA) is 54.0 Å². The Morgan fingerprint density at radius 3 is 2.67 bits per heavy atom. The summed E-state index contributed by atoms with van der Waals surface area (Å²) in [6.07, 6.45) is 6.95. The summed E-state index contributed by atoms with van der Waals surface area (Å²) in [6, 6.07) is 5.88. The van der Waals surface area contributed by atoms with E-state index in [0.717, 1.165) is 37.5 Å². The first kappa shape index (κ1) is 15.8. The molecule has 21 heavy (non-hydrogen) atoms. The number of anilines is 1. The van der Waals surface area contributed by atoms with E-state index >= 15 is 0 Å². The highest BCUT2D eigenvalue weighted by atomic mass is 16.1. The molecule has 0 radical (unpaired) electrons. The van der Waals surface area contributed by atoms with Gasteiger partial charge in [0.05, 0.1) is 0 Å².